The number of aryl methyl sites for hydroxylation is 1. The molecule has 0 amide bonds. The third kappa shape index (κ3) is 2.62. The largest absolute Gasteiger partial charge is 0.398 e. The summed E-state index contributed by atoms with van der Waals surface area (Å²) in [5.74, 6) is 0.623. The topological polar surface area (TPSA) is 77.0 Å². The third-order valence-electron chi connectivity index (χ3n) is 2.53. The van der Waals surface area contributed by atoms with Gasteiger partial charge < -0.3 is 10.8 Å². The average molecular weight is 232 g/mol. The average Bonchev–Trinajstić information content (AvgIpc) is 2.69. The van der Waals surface area contributed by atoms with Crippen molar-refractivity contribution in [3.8, 4) is 11.4 Å². The Kier molecular flexibility index (Phi) is 3.10. The Morgan fingerprint density at radius 3 is 2.88 bits per heavy atom. The Labute approximate surface area is 99.9 Å². The number of anilines is 1. The van der Waals surface area contributed by atoms with E-state index in [1.807, 2.05) is 25.1 Å². The first-order valence-electron chi connectivity index (χ1n) is 5.50. The zero-order chi connectivity index (χ0) is 12.4. The number of rotatable bonds is 3. The predicted octanol–water partition coefficient (Wildman–Crippen LogP) is 1.22. The van der Waals surface area contributed by atoms with Crippen molar-refractivity contribution in [3.63, 3.8) is 0 Å². The first-order chi connectivity index (χ1) is 8.06. The highest BCUT2D eigenvalue weighted by Gasteiger charge is 2.06. The van der Waals surface area contributed by atoms with E-state index in [-0.39, 0.29) is 0 Å². The van der Waals surface area contributed by atoms with Gasteiger partial charge >= 0.3 is 0 Å². The van der Waals surface area contributed by atoms with Gasteiger partial charge in [0.1, 0.15) is 6.33 Å². The quantitative estimate of drug-likeness (QED) is 0.780. The van der Waals surface area contributed by atoms with Gasteiger partial charge in [-0.2, -0.15) is 5.10 Å². The van der Waals surface area contributed by atoms with Crippen LogP contribution in [-0.2, 0) is 6.54 Å². The van der Waals surface area contributed by atoms with Gasteiger partial charge in [-0.1, -0.05) is 12.1 Å². The van der Waals surface area contributed by atoms with Crippen molar-refractivity contribution in [3.05, 3.63) is 30.1 Å². The zero-order valence-corrected chi connectivity index (χ0v) is 9.96. The van der Waals surface area contributed by atoms with E-state index in [2.05, 4.69) is 10.1 Å². The molecule has 2 aromatic rings. The van der Waals surface area contributed by atoms with Crippen LogP contribution in [0.1, 0.15) is 12.5 Å². The second-order valence-corrected chi connectivity index (χ2v) is 4.21. The van der Waals surface area contributed by atoms with Gasteiger partial charge in [0.15, 0.2) is 5.82 Å². The van der Waals surface area contributed by atoms with Crippen LogP contribution < -0.4 is 5.73 Å². The SMILES string of the molecule is Cc1ccc(-c2ncn(CC(C)O)n2)cc1N. The van der Waals surface area contributed by atoms with E-state index in [4.69, 9.17) is 5.73 Å². The van der Waals surface area contributed by atoms with Crippen LogP contribution in [0.3, 0.4) is 0 Å². The van der Waals surface area contributed by atoms with Gasteiger partial charge in [-0.3, -0.25) is 0 Å². The fourth-order valence-electron chi connectivity index (χ4n) is 1.57. The Bertz CT molecular complexity index is 519. The summed E-state index contributed by atoms with van der Waals surface area (Å²) in [5.41, 5.74) is 8.50. The van der Waals surface area contributed by atoms with E-state index in [0.29, 0.717) is 12.4 Å². The highest BCUT2D eigenvalue weighted by molar-refractivity contribution is 5.63. The lowest BCUT2D eigenvalue weighted by molar-refractivity contribution is 0.168. The summed E-state index contributed by atoms with van der Waals surface area (Å²) in [5, 5.41) is 13.5. The van der Waals surface area contributed by atoms with Crippen molar-refractivity contribution in [2.45, 2.75) is 26.5 Å². The number of hydrogen-bond donors (Lipinski definition) is 2. The van der Waals surface area contributed by atoms with Crippen molar-refractivity contribution >= 4 is 5.69 Å². The van der Waals surface area contributed by atoms with Crippen molar-refractivity contribution in [2.75, 3.05) is 5.73 Å². The molecule has 90 valence electrons. The summed E-state index contributed by atoms with van der Waals surface area (Å²) in [6.45, 7) is 4.11. The van der Waals surface area contributed by atoms with Crippen molar-refractivity contribution < 1.29 is 5.11 Å². The number of aliphatic hydroxyl groups is 1. The summed E-state index contributed by atoms with van der Waals surface area (Å²) in [7, 11) is 0. The van der Waals surface area contributed by atoms with E-state index in [9.17, 15) is 5.11 Å². The maximum atomic E-state index is 9.26. The number of aliphatic hydroxyl groups excluding tert-OH is 1. The fraction of sp³-hybridized carbons (Fsp3) is 0.333. The number of nitrogens with two attached hydrogens (primary N) is 1. The molecular weight excluding hydrogens is 216 g/mol. The lowest BCUT2D eigenvalue weighted by Gasteiger charge is -2.03. The van der Waals surface area contributed by atoms with Gasteiger partial charge in [0.05, 0.1) is 12.6 Å². The van der Waals surface area contributed by atoms with Crippen LogP contribution in [0.2, 0.25) is 0 Å². The smallest absolute Gasteiger partial charge is 0.181 e. The molecule has 1 unspecified atom stereocenters. The maximum absolute atomic E-state index is 9.26. The lowest BCUT2D eigenvalue weighted by atomic mass is 10.1. The first-order valence-corrected chi connectivity index (χ1v) is 5.50. The van der Waals surface area contributed by atoms with Crippen LogP contribution in [0.25, 0.3) is 11.4 Å². The van der Waals surface area contributed by atoms with Crippen LogP contribution in [0.5, 0.6) is 0 Å². The molecule has 3 N–H and O–H groups in total. The second-order valence-electron chi connectivity index (χ2n) is 4.21. The summed E-state index contributed by atoms with van der Waals surface area (Å²) in [4.78, 5) is 4.20. The zero-order valence-electron chi connectivity index (χ0n) is 9.96. The van der Waals surface area contributed by atoms with Gasteiger partial charge in [0, 0.05) is 11.3 Å². The number of aromatic nitrogens is 3. The van der Waals surface area contributed by atoms with Crippen LogP contribution in [0.15, 0.2) is 24.5 Å². The van der Waals surface area contributed by atoms with Crippen LogP contribution in [-0.4, -0.2) is 26.0 Å². The monoisotopic (exact) mass is 232 g/mol. The summed E-state index contributed by atoms with van der Waals surface area (Å²) < 4.78 is 1.62. The first kappa shape index (κ1) is 11.6. The summed E-state index contributed by atoms with van der Waals surface area (Å²) in [6, 6.07) is 5.74. The molecule has 0 saturated carbocycles. The highest BCUT2D eigenvalue weighted by atomic mass is 16.3. The normalized spacial score (nSPS) is 12.6. The maximum Gasteiger partial charge on any atom is 0.181 e. The minimum atomic E-state index is -0.437. The second kappa shape index (κ2) is 4.55. The molecule has 2 rings (SSSR count). The van der Waals surface area contributed by atoms with E-state index in [1.54, 1.807) is 17.9 Å². The van der Waals surface area contributed by atoms with E-state index in [0.717, 1.165) is 16.8 Å². The molecule has 0 aliphatic carbocycles. The minimum Gasteiger partial charge on any atom is -0.398 e. The summed E-state index contributed by atoms with van der Waals surface area (Å²) >= 11 is 0. The highest BCUT2D eigenvalue weighted by Crippen LogP contribution is 2.20. The van der Waals surface area contributed by atoms with E-state index < -0.39 is 6.10 Å². The molecule has 5 nitrogen and oxygen atoms in total. The Morgan fingerprint density at radius 1 is 1.47 bits per heavy atom. The number of benzene rings is 1. The van der Waals surface area contributed by atoms with Crippen LogP contribution in [0, 0.1) is 6.92 Å². The molecule has 1 atom stereocenters. The predicted molar refractivity (Wildman–Crippen MR) is 66.3 cm³/mol. The molecule has 0 radical (unpaired) electrons. The van der Waals surface area contributed by atoms with Gasteiger partial charge in [0.25, 0.3) is 0 Å². The standard InChI is InChI=1S/C12H16N4O/c1-8-3-4-10(5-11(8)13)12-14-7-16(15-12)6-9(2)17/h3-5,7,9,17H,6,13H2,1-2H3. The van der Waals surface area contributed by atoms with E-state index >= 15 is 0 Å². The van der Waals surface area contributed by atoms with Crippen LogP contribution in [0.4, 0.5) is 5.69 Å². The lowest BCUT2D eigenvalue weighted by Crippen LogP contribution is -2.11. The van der Waals surface area contributed by atoms with Gasteiger partial charge in [-0.05, 0) is 25.5 Å². The third-order valence-corrected chi connectivity index (χ3v) is 2.53. The fourth-order valence-corrected chi connectivity index (χ4v) is 1.57. The number of nitrogens with zero attached hydrogens (tertiary/aromatic N) is 3. The molecule has 17 heavy (non-hydrogen) atoms. The van der Waals surface area contributed by atoms with Crippen LogP contribution >= 0.6 is 0 Å². The molecule has 5 heteroatoms. The van der Waals surface area contributed by atoms with Gasteiger partial charge in [-0.25, -0.2) is 9.67 Å². The molecule has 0 saturated heterocycles. The van der Waals surface area contributed by atoms with E-state index in [1.165, 1.54) is 0 Å². The molecule has 1 aromatic heterocycles. The van der Waals surface area contributed by atoms with Crippen molar-refractivity contribution in [2.24, 2.45) is 0 Å². The molecule has 0 fully saturated rings. The number of hydrogen-bond acceptors (Lipinski definition) is 4. The van der Waals surface area contributed by atoms with Crippen molar-refractivity contribution in [1.82, 2.24) is 14.8 Å². The summed E-state index contributed by atoms with van der Waals surface area (Å²) in [6.07, 6.45) is 1.17. The molecular formula is C12H16N4O. The molecule has 0 spiro atoms. The Hall–Kier alpha value is -1.88. The molecule has 0 aliphatic rings. The molecule has 0 bridgehead atoms. The molecule has 0 aliphatic heterocycles. The number of nitrogen functional groups attached to an aromatic ring is 1. The van der Waals surface area contributed by atoms with Crippen molar-refractivity contribution in [1.29, 1.82) is 0 Å². The Morgan fingerprint density at radius 2 is 2.24 bits per heavy atom. The van der Waals surface area contributed by atoms with Gasteiger partial charge in [-0.15, -0.1) is 0 Å². The molecule has 1 heterocycles. The Balaban J connectivity index is 2.27. The molecule has 1 aromatic carbocycles. The van der Waals surface area contributed by atoms with Gasteiger partial charge in [0.2, 0.25) is 0 Å². The minimum absolute atomic E-state index is 0.437.